The average Bonchev–Trinajstić information content (AvgIpc) is 3.52. The fourth-order valence-electron chi connectivity index (χ4n) is 8.23. The maximum atomic E-state index is 11.7. The molecule has 6 aromatic rings. The van der Waals surface area contributed by atoms with Gasteiger partial charge in [-0.3, -0.25) is 9.78 Å². The number of allylic oxidation sites excluding steroid dienone is 2. The number of thiophene rings is 1. The second kappa shape index (κ2) is 19.7. The molecule has 0 amide bonds. The fraction of sp³-hybridized carbons (Fsp3) is 0.360. The molecule has 0 saturated heterocycles. The number of pyridine rings is 1. The Balaban J connectivity index is 0.000000372. The molecule has 56 heavy (non-hydrogen) atoms. The van der Waals surface area contributed by atoms with Crippen molar-refractivity contribution in [2.24, 2.45) is 11.8 Å². The van der Waals surface area contributed by atoms with Crippen LogP contribution in [-0.2, 0) is 30.3 Å². The minimum atomic E-state index is -2.36. The third-order valence-corrected chi connectivity index (χ3v) is 19.2. The Hall–Kier alpha value is -3.67. The van der Waals surface area contributed by atoms with Crippen LogP contribution in [0.1, 0.15) is 99.1 Å². The van der Waals surface area contributed by atoms with Crippen molar-refractivity contribution < 1.29 is 30.0 Å². The molecule has 0 atom stereocenters. The Morgan fingerprint density at radius 1 is 0.804 bits per heavy atom. The van der Waals surface area contributed by atoms with Crippen molar-refractivity contribution in [1.29, 1.82) is 0 Å². The fourth-order valence-corrected chi connectivity index (χ4v) is 16.5. The van der Waals surface area contributed by atoms with E-state index in [9.17, 15) is 9.90 Å². The number of aromatic nitrogens is 1. The smallest absolute Gasteiger partial charge is 0.163 e. The van der Waals surface area contributed by atoms with E-state index in [1.165, 1.54) is 47.5 Å². The molecule has 6 rings (SSSR count). The molecule has 2 aromatic heterocycles. The van der Waals surface area contributed by atoms with E-state index in [4.69, 9.17) is 4.98 Å². The van der Waals surface area contributed by atoms with Crippen LogP contribution in [0.4, 0.5) is 0 Å². The SMILES string of the molecule is CCC(CC)C(=O)/C=C(\O)C(CC)CC.Cc1c([Si](c2ccccc2)(c2ccccc2)C(C)C)sc2c(-c3[c-]c4ccccc4c(C(C)(C)C)c3)nccc12.[Ir]. The van der Waals surface area contributed by atoms with E-state index in [2.05, 4.69) is 145 Å². The quantitative estimate of drug-likeness (QED) is 0.0575. The van der Waals surface area contributed by atoms with Crippen LogP contribution in [0.5, 0.6) is 0 Å². The van der Waals surface area contributed by atoms with Gasteiger partial charge in [0.15, 0.2) is 13.9 Å². The minimum Gasteiger partial charge on any atom is -0.512 e. The molecular formula is C50H60IrNO2SSi-. The van der Waals surface area contributed by atoms with Gasteiger partial charge in [-0.15, -0.1) is 40.5 Å². The number of carbonyl (C=O) groups excluding carboxylic acids is 1. The van der Waals surface area contributed by atoms with Gasteiger partial charge in [0.05, 0.1) is 5.76 Å². The van der Waals surface area contributed by atoms with Crippen LogP contribution in [-0.4, -0.2) is 23.9 Å². The minimum absolute atomic E-state index is 0. The molecule has 0 saturated carbocycles. The van der Waals surface area contributed by atoms with Gasteiger partial charge in [-0.1, -0.05) is 152 Å². The van der Waals surface area contributed by atoms with E-state index in [-0.39, 0.29) is 48.9 Å². The van der Waals surface area contributed by atoms with Gasteiger partial charge in [0.2, 0.25) is 0 Å². The zero-order valence-corrected chi connectivity index (χ0v) is 39.2. The number of carbonyl (C=O) groups is 1. The van der Waals surface area contributed by atoms with Gasteiger partial charge in [-0.2, -0.15) is 0 Å². The van der Waals surface area contributed by atoms with Crippen LogP contribution in [0.2, 0.25) is 5.54 Å². The van der Waals surface area contributed by atoms with Crippen molar-refractivity contribution in [3.05, 3.63) is 132 Å². The second-order valence-corrected chi connectivity index (χ2v) is 22.0. The molecule has 6 heteroatoms. The number of ketones is 1. The molecule has 0 aliphatic rings. The third kappa shape index (κ3) is 9.21. The van der Waals surface area contributed by atoms with Gasteiger partial charge < -0.3 is 5.11 Å². The number of aryl methyl sites for hydroxylation is 1. The topological polar surface area (TPSA) is 50.2 Å². The summed E-state index contributed by atoms with van der Waals surface area (Å²) in [5, 5.41) is 16.4. The molecule has 0 unspecified atom stereocenters. The first-order valence-corrected chi connectivity index (χ1v) is 23.1. The number of fused-ring (bicyclic) bond motifs is 2. The molecule has 1 radical (unpaired) electrons. The zero-order valence-electron chi connectivity index (χ0n) is 35.0. The van der Waals surface area contributed by atoms with Crippen LogP contribution in [0.15, 0.2) is 115 Å². The van der Waals surface area contributed by atoms with Gasteiger partial charge in [0.25, 0.3) is 0 Å². The van der Waals surface area contributed by atoms with Gasteiger partial charge in [0, 0.05) is 59.1 Å². The molecule has 0 bridgehead atoms. The van der Waals surface area contributed by atoms with Crippen molar-refractivity contribution in [3.8, 4) is 11.3 Å². The van der Waals surface area contributed by atoms with E-state index in [0.717, 1.165) is 42.3 Å². The number of aliphatic hydroxyl groups excluding tert-OH is 1. The predicted molar refractivity (Wildman–Crippen MR) is 241 cm³/mol. The monoisotopic (exact) mass is 959 g/mol. The van der Waals surface area contributed by atoms with E-state index in [1.807, 2.05) is 45.2 Å². The van der Waals surface area contributed by atoms with Crippen LogP contribution in [0.3, 0.4) is 0 Å². The molecule has 3 nitrogen and oxygen atoms in total. The average molecular weight is 959 g/mol. The molecular weight excluding hydrogens is 899 g/mol. The number of aliphatic hydroxyl groups is 1. The molecule has 0 aliphatic heterocycles. The zero-order chi connectivity index (χ0) is 39.9. The summed E-state index contributed by atoms with van der Waals surface area (Å²) in [4.78, 5) is 16.7. The number of hydrogen-bond acceptors (Lipinski definition) is 4. The Kier molecular flexibility index (Phi) is 15.8. The van der Waals surface area contributed by atoms with Gasteiger partial charge >= 0.3 is 0 Å². The van der Waals surface area contributed by atoms with E-state index >= 15 is 0 Å². The first-order valence-electron chi connectivity index (χ1n) is 20.2. The normalized spacial score (nSPS) is 12.3. The number of hydrogen-bond donors (Lipinski definition) is 1. The molecule has 297 valence electrons. The number of benzene rings is 4. The molecule has 1 N–H and O–H groups in total. The molecule has 0 aliphatic carbocycles. The molecule has 0 spiro atoms. The van der Waals surface area contributed by atoms with Crippen molar-refractivity contribution in [1.82, 2.24) is 4.98 Å². The van der Waals surface area contributed by atoms with E-state index in [0.29, 0.717) is 5.54 Å². The van der Waals surface area contributed by atoms with Crippen LogP contribution >= 0.6 is 11.3 Å². The predicted octanol–water partition coefficient (Wildman–Crippen LogP) is 12.3. The van der Waals surface area contributed by atoms with Crippen LogP contribution in [0.25, 0.3) is 32.1 Å². The summed E-state index contributed by atoms with van der Waals surface area (Å²) in [7, 11) is -2.36. The largest absolute Gasteiger partial charge is 0.512 e. The summed E-state index contributed by atoms with van der Waals surface area (Å²) >= 11 is 1.97. The Labute approximate surface area is 355 Å². The standard InChI is InChI=1S/C37H36NSSi.C13H24O2.Ir/c1-25(2)40(29-16-9-7-10-17-29,30-18-11-8-12-19-30)36-26(3)31-21-22-38-34(35(31)39-36)28-23-27-15-13-14-20-32(27)33(24-28)37(4,5)6;1-5-10(6-2)12(14)9-13(15)11(7-3)8-4;/h7-22,24-25H,1-6H3;9-11,14H,5-8H2,1-4H3;/q-1;;/b;12-9-;. The maximum Gasteiger partial charge on any atom is 0.163 e. The summed E-state index contributed by atoms with van der Waals surface area (Å²) in [6.07, 6.45) is 6.90. The van der Waals surface area contributed by atoms with Gasteiger partial charge in [-0.05, 0) is 71.0 Å². The summed E-state index contributed by atoms with van der Waals surface area (Å²) in [5.41, 5.74) is 5.34. The van der Waals surface area contributed by atoms with Crippen molar-refractivity contribution >= 4 is 60.9 Å². The Morgan fingerprint density at radius 3 is 1.86 bits per heavy atom. The van der Waals surface area contributed by atoms with E-state index in [1.54, 1.807) is 0 Å². The maximum absolute atomic E-state index is 11.7. The summed E-state index contributed by atoms with van der Waals surface area (Å²) in [5.74, 6) is 0.547. The summed E-state index contributed by atoms with van der Waals surface area (Å²) < 4.78 is 2.80. The second-order valence-electron chi connectivity index (χ2n) is 16.2. The molecule has 4 aromatic carbocycles. The summed E-state index contributed by atoms with van der Waals surface area (Å²) in [6.45, 7) is 22.1. The number of rotatable bonds is 12. The Morgan fingerprint density at radius 2 is 1.34 bits per heavy atom. The first kappa shape index (κ1) is 45.0. The molecule has 2 heterocycles. The van der Waals surface area contributed by atoms with Crippen molar-refractivity contribution in [3.63, 3.8) is 0 Å². The van der Waals surface area contributed by atoms with Crippen LogP contribution in [0, 0.1) is 24.8 Å². The van der Waals surface area contributed by atoms with Crippen molar-refractivity contribution in [2.75, 3.05) is 0 Å². The third-order valence-electron chi connectivity index (χ3n) is 11.5. The number of nitrogens with zero attached hydrogens (tertiary/aromatic N) is 1. The van der Waals surface area contributed by atoms with Crippen molar-refractivity contribution in [2.45, 2.75) is 106 Å². The summed E-state index contributed by atoms with van der Waals surface area (Å²) in [6, 6.07) is 39.5. The first-order chi connectivity index (χ1) is 26.3. The molecule has 0 fully saturated rings. The van der Waals surface area contributed by atoms with Gasteiger partial charge in [-0.25, -0.2) is 0 Å². The van der Waals surface area contributed by atoms with Crippen LogP contribution < -0.4 is 14.9 Å². The Bertz CT molecular complexity index is 2190. The van der Waals surface area contributed by atoms with Gasteiger partial charge in [0.1, 0.15) is 0 Å². The van der Waals surface area contributed by atoms with E-state index < -0.39 is 8.07 Å².